The van der Waals surface area contributed by atoms with Gasteiger partial charge in [-0.05, 0) is 59.7 Å². The van der Waals surface area contributed by atoms with Crippen LogP contribution in [-0.2, 0) is 9.53 Å². The Balaban J connectivity index is 2.06. The Hall–Kier alpha value is -2.56. The molecular weight excluding hydrogens is 316 g/mol. The van der Waals surface area contributed by atoms with Crippen molar-refractivity contribution < 1.29 is 14.3 Å². The average Bonchev–Trinajstić information content (AvgIpc) is 2.84. The SMILES string of the molecule is Cc1ccc(NC(=O)[C@H](C)OC(=O)c2cc(C)n(C(C)C)c2C)cc1. The Bertz CT molecular complexity index is 773. The number of nitrogens with one attached hydrogen (secondary N) is 1. The van der Waals surface area contributed by atoms with Crippen molar-refractivity contribution >= 4 is 17.6 Å². The van der Waals surface area contributed by atoms with E-state index in [1.54, 1.807) is 6.92 Å². The second-order valence-electron chi connectivity index (χ2n) is 6.65. The fraction of sp³-hybridized carbons (Fsp3) is 0.400. The van der Waals surface area contributed by atoms with Gasteiger partial charge in [0.1, 0.15) is 0 Å². The van der Waals surface area contributed by atoms with Gasteiger partial charge in [0.2, 0.25) is 0 Å². The molecule has 0 unspecified atom stereocenters. The van der Waals surface area contributed by atoms with E-state index in [1.165, 1.54) is 0 Å². The first-order valence-electron chi connectivity index (χ1n) is 8.47. The van der Waals surface area contributed by atoms with E-state index < -0.39 is 12.1 Å². The minimum absolute atomic E-state index is 0.254. The van der Waals surface area contributed by atoms with Crippen LogP contribution in [0.5, 0.6) is 0 Å². The first kappa shape index (κ1) is 18.8. The van der Waals surface area contributed by atoms with Gasteiger partial charge in [-0.15, -0.1) is 0 Å². The molecule has 2 aromatic rings. The smallest absolute Gasteiger partial charge is 0.340 e. The van der Waals surface area contributed by atoms with Crippen LogP contribution in [0, 0.1) is 20.8 Å². The van der Waals surface area contributed by atoms with Crippen LogP contribution in [0.1, 0.15) is 54.1 Å². The van der Waals surface area contributed by atoms with Crippen molar-refractivity contribution in [1.82, 2.24) is 4.57 Å². The van der Waals surface area contributed by atoms with Crippen molar-refractivity contribution in [2.24, 2.45) is 0 Å². The second kappa shape index (κ2) is 7.55. The Morgan fingerprint density at radius 2 is 1.64 bits per heavy atom. The number of hydrogen-bond acceptors (Lipinski definition) is 3. The van der Waals surface area contributed by atoms with Crippen LogP contribution in [0.25, 0.3) is 0 Å². The number of anilines is 1. The highest BCUT2D eigenvalue weighted by Gasteiger charge is 2.23. The molecule has 0 aliphatic heterocycles. The highest BCUT2D eigenvalue weighted by atomic mass is 16.5. The van der Waals surface area contributed by atoms with Crippen LogP contribution in [0.2, 0.25) is 0 Å². The number of nitrogens with zero attached hydrogens (tertiary/aromatic N) is 1. The number of carbonyl (C=O) groups is 2. The molecule has 0 saturated carbocycles. The van der Waals surface area contributed by atoms with Crippen LogP contribution in [0.15, 0.2) is 30.3 Å². The molecule has 0 fully saturated rings. The Morgan fingerprint density at radius 3 is 2.16 bits per heavy atom. The summed E-state index contributed by atoms with van der Waals surface area (Å²) in [6, 6.07) is 9.52. The third-order valence-electron chi connectivity index (χ3n) is 4.19. The molecule has 1 atom stereocenters. The summed E-state index contributed by atoms with van der Waals surface area (Å²) in [5.41, 5.74) is 4.13. The summed E-state index contributed by atoms with van der Waals surface area (Å²) < 4.78 is 7.44. The summed E-state index contributed by atoms with van der Waals surface area (Å²) >= 11 is 0. The summed E-state index contributed by atoms with van der Waals surface area (Å²) in [6.45, 7) is 11.5. The van der Waals surface area contributed by atoms with Crippen LogP contribution in [0.4, 0.5) is 5.69 Å². The number of benzene rings is 1. The zero-order chi connectivity index (χ0) is 18.7. The molecule has 1 N–H and O–H groups in total. The molecule has 5 nitrogen and oxygen atoms in total. The van der Waals surface area contributed by atoms with Crippen LogP contribution in [0.3, 0.4) is 0 Å². The summed E-state index contributed by atoms with van der Waals surface area (Å²) in [6.07, 6.45) is -0.879. The maximum absolute atomic E-state index is 12.5. The van der Waals surface area contributed by atoms with Gasteiger partial charge in [0.25, 0.3) is 5.91 Å². The molecule has 134 valence electrons. The third-order valence-corrected chi connectivity index (χ3v) is 4.19. The van der Waals surface area contributed by atoms with Gasteiger partial charge in [-0.25, -0.2) is 4.79 Å². The van der Waals surface area contributed by atoms with Gasteiger partial charge in [-0.3, -0.25) is 4.79 Å². The first-order chi connectivity index (χ1) is 11.7. The van der Waals surface area contributed by atoms with Crippen LogP contribution >= 0.6 is 0 Å². The van der Waals surface area contributed by atoms with Crippen molar-refractivity contribution in [3.05, 3.63) is 52.8 Å². The third kappa shape index (κ3) is 4.29. The van der Waals surface area contributed by atoms with Crippen molar-refractivity contribution in [2.75, 3.05) is 5.32 Å². The van der Waals surface area contributed by atoms with Gasteiger partial charge in [-0.2, -0.15) is 0 Å². The van der Waals surface area contributed by atoms with Gasteiger partial charge in [0.15, 0.2) is 6.10 Å². The summed E-state index contributed by atoms with van der Waals surface area (Å²) in [7, 11) is 0. The number of rotatable bonds is 5. The van der Waals surface area contributed by atoms with Crippen LogP contribution in [-0.4, -0.2) is 22.5 Å². The van der Waals surface area contributed by atoms with Gasteiger partial charge in [0, 0.05) is 23.1 Å². The number of carbonyl (C=O) groups excluding carboxylic acids is 2. The zero-order valence-electron chi connectivity index (χ0n) is 15.7. The van der Waals surface area contributed by atoms with Crippen LogP contribution < -0.4 is 5.32 Å². The molecule has 1 amide bonds. The average molecular weight is 342 g/mol. The molecule has 1 aromatic carbocycles. The zero-order valence-corrected chi connectivity index (χ0v) is 15.7. The molecule has 0 aliphatic rings. The molecule has 0 saturated heterocycles. The van der Waals surface area contributed by atoms with Crippen molar-refractivity contribution in [3.8, 4) is 0 Å². The highest BCUT2D eigenvalue weighted by molar-refractivity contribution is 5.97. The van der Waals surface area contributed by atoms with E-state index in [2.05, 4.69) is 23.7 Å². The topological polar surface area (TPSA) is 60.3 Å². The lowest BCUT2D eigenvalue weighted by atomic mass is 10.2. The molecule has 1 heterocycles. The molecule has 1 aromatic heterocycles. The maximum atomic E-state index is 12.5. The van der Waals surface area contributed by atoms with E-state index in [9.17, 15) is 9.59 Å². The lowest BCUT2D eigenvalue weighted by Crippen LogP contribution is -2.30. The summed E-state index contributed by atoms with van der Waals surface area (Å²) in [5.74, 6) is -0.832. The number of hydrogen-bond donors (Lipinski definition) is 1. The van der Waals surface area contributed by atoms with E-state index in [4.69, 9.17) is 4.74 Å². The Kier molecular flexibility index (Phi) is 5.67. The van der Waals surface area contributed by atoms with Crippen molar-refractivity contribution in [1.29, 1.82) is 0 Å². The quantitative estimate of drug-likeness (QED) is 0.829. The normalized spacial score (nSPS) is 12.1. The van der Waals surface area contributed by atoms with Gasteiger partial charge in [0.05, 0.1) is 5.56 Å². The summed E-state index contributed by atoms with van der Waals surface area (Å²) in [5, 5.41) is 2.75. The van der Waals surface area contributed by atoms with Crippen molar-refractivity contribution in [3.63, 3.8) is 0 Å². The minimum Gasteiger partial charge on any atom is -0.449 e. The van der Waals surface area contributed by atoms with E-state index in [-0.39, 0.29) is 11.9 Å². The summed E-state index contributed by atoms with van der Waals surface area (Å²) in [4.78, 5) is 24.7. The molecule has 2 rings (SSSR count). The number of ether oxygens (including phenoxy) is 1. The Labute approximate surface area is 149 Å². The second-order valence-corrected chi connectivity index (χ2v) is 6.65. The molecule has 0 radical (unpaired) electrons. The maximum Gasteiger partial charge on any atom is 0.340 e. The molecule has 0 spiro atoms. The number of aryl methyl sites for hydroxylation is 2. The van der Waals surface area contributed by atoms with E-state index in [0.717, 1.165) is 17.0 Å². The fourth-order valence-electron chi connectivity index (χ4n) is 2.94. The monoisotopic (exact) mass is 342 g/mol. The Morgan fingerprint density at radius 1 is 1.04 bits per heavy atom. The van der Waals surface area contributed by atoms with E-state index in [0.29, 0.717) is 11.3 Å². The predicted octanol–water partition coefficient (Wildman–Crippen LogP) is 4.18. The van der Waals surface area contributed by atoms with E-state index >= 15 is 0 Å². The van der Waals surface area contributed by atoms with Gasteiger partial charge >= 0.3 is 5.97 Å². The molecule has 0 bridgehead atoms. The van der Waals surface area contributed by atoms with Gasteiger partial charge in [-0.1, -0.05) is 17.7 Å². The molecular formula is C20H26N2O3. The standard InChI is InChI=1S/C20H26N2O3/c1-12(2)22-14(4)11-18(15(22)5)20(24)25-16(6)19(23)21-17-9-7-13(3)8-10-17/h7-12,16H,1-6H3,(H,21,23)/t16-/m0/s1. The minimum atomic E-state index is -0.879. The molecule has 25 heavy (non-hydrogen) atoms. The first-order valence-corrected chi connectivity index (χ1v) is 8.47. The van der Waals surface area contributed by atoms with Gasteiger partial charge < -0.3 is 14.6 Å². The largest absolute Gasteiger partial charge is 0.449 e. The predicted molar refractivity (Wildman–Crippen MR) is 99.0 cm³/mol. The van der Waals surface area contributed by atoms with Crippen molar-refractivity contribution in [2.45, 2.75) is 53.7 Å². The molecule has 0 aliphatic carbocycles. The molecule has 5 heteroatoms. The number of amides is 1. The van der Waals surface area contributed by atoms with E-state index in [1.807, 2.05) is 51.1 Å². The fourth-order valence-corrected chi connectivity index (χ4v) is 2.94. The number of aromatic nitrogens is 1. The highest BCUT2D eigenvalue weighted by Crippen LogP contribution is 2.21. The lowest BCUT2D eigenvalue weighted by molar-refractivity contribution is -0.123. The lowest BCUT2D eigenvalue weighted by Gasteiger charge is -2.15. The number of esters is 1.